The third-order valence-corrected chi connectivity index (χ3v) is 12.0. The Morgan fingerprint density at radius 1 is 1.07 bits per heavy atom. The molecule has 236 valence electrons. The second-order valence-corrected chi connectivity index (χ2v) is 14.5. The van der Waals surface area contributed by atoms with E-state index in [1.54, 1.807) is 5.06 Å². The van der Waals surface area contributed by atoms with E-state index in [-0.39, 0.29) is 40.6 Å². The number of sulfone groups is 1. The van der Waals surface area contributed by atoms with Crippen molar-refractivity contribution in [3.05, 3.63) is 106 Å². The van der Waals surface area contributed by atoms with Crippen molar-refractivity contribution < 1.29 is 36.3 Å². The van der Waals surface area contributed by atoms with Gasteiger partial charge in [-0.1, -0.05) is 41.9 Å². The van der Waals surface area contributed by atoms with Gasteiger partial charge in [0.2, 0.25) is 0 Å². The highest BCUT2D eigenvalue weighted by Crippen LogP contribution is 2.54. The second-order valence-electron chi connectivity index (χ2n) is 12.0. The molecule has 45 heavy (non-hydrogen) atoms. The van der Waals surface area contributed by atoms with Crippen molar-refractivity contribution in [2.24, 2.45) is 11.8 Å². The molecule has 5 unspecified atom stereocenters. The fourth-order valence-corrected chi connectivity index (χ4v) is 10.2. The molecule has 2 aliphatic carbocycles. The number of carbonyl (C=O) groups excluding carboxylic acids is 1. The van der Waals surface area contributed by atoms with Crippen LogP contribution in [0.2, 0.25) is 5.02 Å². The van der Waals surface area contributed by atoms with Gasteiger partial charge in [0.05, 0.1) is 20.8 Å². The molecule has 6 rings (SSSR count). The third-order valence-electron chi connectivity index (χ3n) is 9.15. The van der Waals surface area contributed by atoms with Crippen LogP contribution in [0.3, 0.4) is 0 Å². The average molecular weight is 660 g/mol. The van der Waals surface area contributed by atoms with Crippen LogP contribution in [0.25, 0.3) is 4.85 Å². The summed E-state index contributed by atoms with van der Waals surface area (Å²) in [6.45, 7) is 8.25. The number of anilines is 1. The molecule has 1 heterocycles. The van der Waals surface area contributed by atoms with Gasteiger partial charge < -0.3 is 15.3 Å². The number of hydrogen-bond acceptors (Lipinski definition) is 6. The number of carbonyl (C=O) groups is 1. The van der Waals surface area contributed by atoms with E-state index in [0.29, 0.717) is 31.5 Å². The van der Waals surface area contributed by atoms with Crippen molar-refractivity contribution in [2.45, 2.75) is 60.1 Å². The fourth-order valence-electron chi connectivity index (χ4n) is 7.33. The van der Waals surface area contributed by atoms with Gasteiger partial charge in [-0.05, 0) is 61.3 Å². The third kappa shape index (κ3) is 5.84. The summed E-state index contributed by atoms with van der Waals surface area (Å²) in [5.41, 5.74) is -0.911. The van der Waals surface area contributed by atoms with Crippen LogP contribution in [0.1, 0.15) is 41.6 Å². The van der Waals surface area contributed by atoms with Crippen molar-refractivity contribution in [1.82, 2.24) is 5.06 Å². The van der Waals surface area contributed by atoms with Crippen LogP contribution in [0.15, 0.2) is 65.6 Å². The minimum absolute atomic E-state index is 0.100. The predicted molar refractivity (Wildman–Crippen MR) is 159 cm³/mol. The number of aliphatic hydroxyl groups is 1. The van der Waals surface area contributed by atoms with Crippen LogP contribution < -0.4 is 5.32 Å². The molecule has 1 saturated heterocycles. The van der Waals surface area contributed by atoms with E-state index >= 15 is 0 Å². The smallest absolute Gasteiger partial charge is 0.268 e. The van der Waals surface area contributed by atoms with Crippen molar-refractivity contribution in [3.8, 4) is 0 Å². The molecule has 8 nitrogen and oxygen atoms in total. The Morgan fingerprint density at radius 2 is 1.71 bits per heavy atom. The molecule has 2 bridgehead atoms. The van der Waals surface area contributed by atoms with E-state index in [2.05, 4.69) is 10.2 Å². The molecular weight excluding hydrogens is 631 g/mol. The first-order valence-corrected chi connectivity index (χ1v) is 16.4. The normalized spacial score (nSPS) is 28.1. The Hall–Kier alpha value is -3.47. The van der Waals surface area contributed by atoms with Crippen LogP contribution in [-0.4, -0.2) is 54.0 Å². The van der Waals surface area contributed by atoms with Crippen LogP contribution in [-0.2, 0) is 21.2 Å². The number of hydroxylamine groups is 2. The second kappa shape index (κ2) is 12.0. The molecule has 13 heteroatoms. The van der Waals surface area contributed by atoms with Crippen molar-refractivity contribution in [1.29, 1.82) is 0 Å². The Kier molecular flexibility index (Phi) is 8.43. The highest BCUT2D eigenvalue weighted by atomic mass is 35.5. The van der Waals surface area contributed by atoms with E-state index in [0.717, 1.165) is 11.6 Å². The predicted octanol–water partition coefficient (Wildman–Crippen LogP) is 5.81. The molecule has 3 aromatic rings. The molecule has 1 aliphatic heterocycles. The molecule has 3 aromatic carbocycles. The van der Waals surface area contributed by atoms with Gasteiger partial charge in [0.15, 0.2) is 27.3 Å². The zero-order valence-electron chi connectivity index (χ0n) is 23.8. The Balaban J connectivity index is 1.25. The Labute approximate surface area is 263 Å². The first-order chi connectivity index (χ1) is 21.4. The van der Waals surface area contributed by atoms with Gasteiger partial charge in [0, 0.05) is 29.9 Å². The van der Waals surface area contributed by atoms with Gasteiger partial charge in [0.1, 0.15) is 12.6 Å². The summed E-state index contributed by atoms with van der Waals surface area (Å²) in [7, 11) is -4.13. The maximum atomic E-state index is 14.2. The summed E-state index contributed by atoms with van der Waals surface area (Å²) in [6.07, 6.45) is 1.37. The molecule has 6 atom stereocenters. The standard InChI is InChI=1S/C32H29ClF3N3O5S/c1-37-26-17-44-39(16-18-5-3-2-4-6-18)30(26)32(41)14-20-7-8-21(15-32)29(20)45(42,43)27-11-19(9-10-23(27)33)31(40)38-22-12-24(34)28(36)25(35)13-22/h2-6,9-13,20-21,26,29-30,41H,7-8,14-17H2,(H,38,40)/t20-,21?,26?,29?,30?,32?/m0/s1. The molecule has 3 fully saturated rings. The van der Waals surface area contributed by atoms with E-state index in [1.807, 2.05) is 30.3 Å². The minimum Gasteiger partial charge on any atom is -0.388 e. The number of amides is 1. The van der Waals surface area contributed by atoms with Gasteiger partial charge in [-0.2, -0.15) is 5.06 Å². The maximum Gasteiger partial charge on any atom is 0.268 e. The molecule has 1 amide bonds. The molecular formula is C32H29ClF3N3O5S. The highest BCUT2D eigenvalue weighted by Gasteiger charge is 2.61. The quantitative estimate of drug-likeness (QED) is 0.246. The first kappa shape index (κ1) is 31.5. The Morgan fingerprint density at radius 3 is 2.33 bits per heavy atom. The summed E-state index contributed by atoms with van der Waals surface area (Å²) in [6, 6.07) is 13.1. The van der Waals surface area contributed by atoms with Gasteiger partial charge in [-0.25, -0.2) is 28.2 Å². The van der Waals surface area contributed by atoms with Crippen LogP contribution in [0.5, 0.6) is 0 Å². The minimum atomic E-state index is -4.13. The van der Waals surface area contributed by atoms with Gasteiger partial charge >= 0.3 is 0 Å². The van der Waals surface area contributed by atoms with Gasteiger partial charge in [0.25, 0.3) is 11.9 Å². The number of hydrogen-bond donors (Lipinski definition) is 2. The maximum absolute atomic E-state index is 14.2. The summed E-state index contributed by atoms with van der Waals surface area (Å²) in [4.78, 5) is 22.3. The number of fused-ring (bicyclic) bond motifs is 2. The fraction of sp³-hybridized carbons (Fsp3) is 0.375. The number of nitrogens with one attached hydrogen (secondary N) is 1. The summed E-state index contributed by atoms with van der Waals surface area (Å²) < 4.78 is 69.0. The number of nitrogens with zero attached hydrogens (tertiary/aromatic N) is 2. The lowest BCUT2D eigenvalue weighted by Crippen LogP contribution is -2.58. The SMILES string of the molecule is [C-]#[N+]C1CON(Cc2ccccc2)C1C1(O)CC2CC[C@@H](C1)C2S(=O)(=O)c1cc(C(=O)Nc2cc(F)c(F)c(F)c2)ccc1Cl. The topological polar surface area (TPSA) is 100 Å². The highest BCUT2D eigenvalue weighted by molar-refractivity contribution is 7.92. The number of halogens is 4. The molecule has 2 saturated carbocycles. The van der Waals surface area contributed by atoms with Crippen LogP contribution in [0, 0.1) is 35.9 Å². The van der Waals surface area contributed by atoms with Gasteiger partial charge in [-0.3, -0.25) is 9.63 Å². The van der Waals surface area contributed by atoms with Crippen molar-refractivity contribution in [2.75, 3.05) is 11.9 Å². The van der Waals surface area contributed by atoms with Crippen LogP contribution in [0.4, 0.5) is 18.9 Å². The van der Waals surface area contributed by atoms with E-state index in [4.69, 9.17) is 23.0 Å². The van der Waals surface area contributed by atoms with E-state index in [1.165, 1.54) is 12.1 Å². The molecule has 0 spiro atoms. The first-order valence-electron chi connectivity index (χ1n) is 14.4. The molecule has 0 radical (unpaired) electrons. The summed E-state index contributed by atoms with van der Waals surface area (Å²) >= 11 is 6.38. The molecule has 3 aliphatic rings. The van der Waals surface area contributed by atoms with Gasteiger partial charge in [-0.15, -0.1) is 0 Å². The number of benzene rings is 3. The van der Waals surface area contributed by atoms with Crippen LogP contribution >= 0.6 is 11.6 Å². The van der Waals surface area contributed by atoms with Crippen molar-refractivity contribution in [3.63, 3.8) is 0 Å². The molecule has 0 aromatic heterocycles. The zero-order valence-corrected chi connectivity index (χ0v) is 25.4. The monoisotopic (exact) mass is 659 g/mol. The largest absolute Gasteiger partial charge is 0.388 e. The summed E-state index contributed by atoms with van der Waals surface area (Å²) in [5.74, 6) is -6.43. The Bertz CT molecular complexity index is 1750. The van der Waals surface area contributed by atoms with E-state index < -0.39 is 68.0 Å². The van der Waals surface area contributed by atoms with Crippen molar-refractivity contribution >= 4 is 33.0 Å². The molecule has 2 N–H and O–H groups in total. The zero-order chi connectivity index (χ0) is 32.1. The lowest BCUT2D eigenvalue weighted by Gasteiger charge is -2.45. The average Bonchev–Trinajstić information content (AvgIpc) is 3.55. The lowest BCUT2D eigenvalue weighted by atomic mass is 9.71. The van der Waals surface area contributed by atoms with E-state index in [9.17, 15) is 31.5 Å². The summed E-state index contributed by atoms with van der Waals surface area (Å²) in [5, 5.41) is 15.0. The lowest BCUT2D eigenvalue weighted by molar-refractivity contribution is -0.190. The number of rotatable bonds is 7.